The molecule has 9 heteroatoms. The molecule has 0 aromatic heterocycles. The predicted molar refractivity (Wildman–Crippen MR) is 42.0 cm³/mol. The zero-order chi connectivity index (χ0) is 8.69. The molecule has 2 unspecified atom stereocenters. The van der Waals surface area contributed by atoms with E-state index < -0.39 is 0 Å². The van der Waals surface area contributed by atoms with E-state index in [1.54, 1.807) is 0 Å². The van der Waals surface area contributed by atoms with Gasteiger partial charge in [0.25, 0.3) is 0 Å². The summed E-state index contributed by atoms with van der Waals surface area (Å²) in [6, 6.07) is 0.562. The van der Waals surface area contributed by atoms with Gasteiger partial charge in [-0.1, -0.05) is 12.8 Å². The van der Waals surface area contributed by atoms with E-state index in [-0.39, 0.29) is 84.1 Å². The summed E-state index contributed by atoms with van der Waals surface area (Å²) in [7, 11) is 0. The predicted octanol–water partition coefficient (Wildman–Crippen LogP) is -8.63. The molecule has 1 aliphatic carbocycles. The minimum absolute atomic E-state index is 0. The number of rotatable bonds is 0. The fraction of sp³-hybridized carbons (Fsp3) is 1.00. The van der Waals surface area contributed by atoms with Crippen molar-refractivity contribution in [2.24, 2.45) is 16.8 Å². The largest absolute Gasteiger partial charge is 4.00 e. The van der Waals surface area contributed by atoms with Crippen LogP contribution in [0, 0.1) is 4.91 Å². The fourth-order valence-electron chi connectivity index (χ4n) is 1.19. The van der Waals surface area contributed by atoms with E-state index in [1.165, 1.54) is 18.2 Å². The van der Waals surface area contributed by atoms with E-state index in [4.69, 9.17) is 21.6 Å². The Morgan fingerprint density at radius 1 is 1.00 bits per heavy atom. The minimum atomic E-state index is 0. The van der Waals surface area contributed by atoms with Crippen molar-refractivity contribution in [1.82, 2.24) is 0 Å². The van der Waals surface area contributed by atoms with Crippen molar-refractivity contribution >= 4 is 0 Å². The van der Waals surface area contributed by atoms with Gasteiger partial charge in [0.2, 0.25) is 0 Å². The van der Waals surface area contributed by atoms with Crippen LogP contribution in [0.4, 0.5) is 0 Å². The fourth-order valence-corrected chi connectivity index (χ4v) is 1.19. The molecule has 0 aliphatic heterocycles. The molecule has 1 fully saturated rings. The van der Waals surface area contributed by atoms with Crippen LogP contribution in [0.5, 0.6) is 0 Å². The molecule has 0 amide bonds. The second-order valence-corrected chi connectivity index (χ2v) is 2.69. The zero-order valence-electron chi connectivity index (χ0n) is 7.89. The molecule has 0 saturated heterocycles. The van der Waals surface area contributed by atoms with Gasteiger partial charge in [-0.05, 0) is 12.8 Å². The smallest absolute Gasteiger partial charge is 1.00 e. The molecular weight excluding hydrogens is 581 g/mol. The average molecular weight is 596 g/mol. The standard InChI is InChI=1S/C6H14N2.3BrH.HNO2.Pt/c7-5-3-1-2-4-6(5)8;;;;2-1-3;/h5-6H,1-4,7-8H2;3*1H;(H,2,3);/q;;;;;+4/p-3. The van der Waals surface area contributed by atoms with Crippen LogP contribution in [0.2, 0.25) is 0 Å². The van der Waals surface area contributed by atoms with Crippen molar-refractivity contribution in [2.45, 2.75) is 37.8 Å². The Balaban J connectivity index is -0.0000000437. The number of hydrogen-bond donors (Lipinski definition) is 3. The van der Waals surface area contributed by atoms with Crippen LogP contribution in [0.25, 0.3) is 0 Å². The molecule has 0 aromatic carbocycles. The summed E-state index contributed by atoms with van der Waals surface area (Å²) < 4.78 is 0. The van der Waals surface area contributed by atoms with Crippen molar-refractivity contribution in [3.8, 4) is 0 Å². The molecule has 1 saturated carbocycles. The molecule has 0 spiro atoms. The molecule has 0 aromatic rings. The van der Waals surface area contributed by atoms with Gasteiger partial charge in [0.1, 0.15) is 0 Å². The molecule has 1 aliphatic rings. The van der Waals surface area contributed by atoms with Crippen molar-refractivity contribution in [3.05, 3.63) is 4.91 Å². The first-order valence-electron chi connectivity index (χ1n) is 3.70. The summed E-state index contributed by atoms with van der Waals surface area (Å²) in [5.41, 5.74) is 11.3. The quantitative estimate of drug-likeness (QED) is 0.191. The Morgan fingerprint density at radius 2 is 1.20 bits per heavy atom. The van der Waals surface area contributed by atoms with Gasteiger partial charge in [-0.25, -0.2) is 0 Å². The first-order valence-corrected chi connectivity index (χ1v) is 3.70. The van der Waals surface area contributed by atoms with Gasteiger partial charge in [0, 0.05) is 12.1 Å². The Hall–Kier alpha value is 1.45. The number of hydrogen-bond acceptors (Lipinski definition) is 4. The molecule has 0 heterocycles. The second-order valence-electron chi connectivity index (χ2n) is 2.69. The topological polar surface area (TPSA) is 102 Å². The summed E-state index contributed by atoms with van der Waals surface area (Å²) in [4.78, 5) is 8.11. The molecule has 0 bridgehead atoms. The van der Waals surface area contributed by atoms with Crippen LogP contribution in [0.1, 0.15) is 25.7 Å². The molecule has 5 nitrogen and oxygen atoms in total. The zero-order valence-corrected chi connectivity index (χ0v) is 14.9. The van der Waals surface area contributed by atoms with Crippen molar-refractivity contribution in [3.63, 3.8) is 0 Å². The van der Waals surface area contributed by atoms with E-state index in [1.807, 2.05) is 0 Å². The van der Waals surface area contributed by atoms with Crippen molar-refractivity contribution in [2.75, 3.05) is 0 Å². The Morgan fingerprint density at radius 3 is 1.33 bits per heavy atom. The third kappa shape index (κ3) is 18.0. The first-order chi connectivity index (χ1) is 5.22. The third-order valence-electron chi connectivity index (χ3n) is 1.87. The van der Waals surface area contributed by atoms with E-state index in [9.17, 15) is 0 Å². The Kier molecular flexibility index (Phi) is 41.6. The van der Waals surface area contributed by atoms with E-state index in [0.717, 1.165) is 12.8 Å². The summed E-state index contributed by atoms with van der Waals surface area (Å²) in [5, 5.41) is 7.89. The molecule has 2 atom stereocenters. The minimum Gasteiger partial charge on any atom is -1.00 e. The van der Waals surface area contributed by atoms with Crippen LogP contribution >= 0.6 is 0 Å². The SMILES string of the molecule is NC1CCCCC1N.O=NO.[Br-].[Br-].[Br-].[Pt+4]. The van der Waals surface area contributed by atoms with Gasteiger partial charge in [0.05, 0.1) is 0 Å². The second kappa shape index (κ2) is 20.8. The van der Waals surface area contributed by atoms with Crippen LogP contribution in [0.3, 0.4) is 0 Å². The molecule has 0 radical (unpaired) electrons. The summed E-state index contributed by atoms with van der Waals surface area (Å²) in [6.07, 6.45) is 4.80. The van der Waals surface area contributed by atoms with Crippen molar-refractivity contribution < 1.29 is 77.2 Å². The van der Waals surface area contributed by atoms with E-state index in [2.05, 4.69) is 0 Å². The summed E-state index contributed by atoms with van der Waals surface area (Å²) in [5.74, 6) is 0. The Bertz CT molecular complexity index is 116. The molecule has 1 rings (SSSR count). The summed E-state index contributed by atoms with van der Waals surface area (Å²) >= 11 is 0. The van der Waals surface area contributed by atoms with Gasteiger partial charge in [0.15, 0.2) is 5.34 Å². The van der Waals surface area contributed by atoms with Gasteiger partial charge < -0.3 is 67.6 Å². The van der Waals surface area contributed by atoms with Gasteiger partial charge in [-0.15, -0.1) is 4.91 Å². The normalized spacial score (nSPS) is 22.0. The van der Waals surface area contributed by atoms with E-state index >= 15 is 0 Å². The third-order valence-corrected chi connectivity index (χ3v) is 1.87. The van der Waals surface area contributed by atoms with Gasteiger partial charge >= 0.3 is 21.1 Å². The number of nitrogens with two attached hydrogens (primary N) is 2. The molecular formula is C6H15Br3N3O2Pt+. The van der Waals surface area contributed by atoms with Crippen LogP contribution in [-0.2, 0) is 21.1 Å². The molecule has 15 heavy (non-hydrogen) atoms. The number of halogens is 3. The van der Waals surface area contributed by atoms with Crippen LogP contribution in [-0.4, -0.2) is 17.3 Å². The van der Waals surface area contributed by atoms with Gasteiger partial charge in [-0.3, -0.25) is 0 Å². The van der Waals surface area contributed by atoms with Crippen LogP contribution < -0.4 is 62.4 Å². The number of nitrogens with zero attached hydrogens (tertiary/aromatic N) is 1. The maximum atomic E-state index is 8.11. The first kappa shape index (κ1) is 30.0. The monoisotopic (exact) mass is 593 g/mol. The van der Waals surface area contributed by atoms with Gasteiger partial charge in [-0.2, -0.15) is 0 Å². The van der Waals surface area contributed by atoms with E-state index in [0.29, 0.717) is 0 Å². The molecule has 5 N–H and O–H groups in total. The average Bonchev–Trinajstić information content (AvgIpc) is 1.97. The van der Waals surface area contributed by atoms with Crippen molar-refractivity contribution in [1.29, 1.82) is 0 Å². The maximum Gasteiger partial charge on any atom is 4.00 e. The summed E-state index contributed by atoms with van der Waals surface area (Å²) in [6.45, 7) is 0. The Labute approximate surface area is 136 Å². The molecule has 96 valence electrons. The maximum absolute atomic E-state index is 8.11. The van der Waals surface area contributed by atoms with Crippen LogP contribution in [0.15, 0.2) is 5.34 Å².